The number of hydrogen-bond donors (Lipinski definition) is 1. The van der Waals surface area contributed by atoms with Crippen LogP contribution >= 0.6 is 0 Å². The maximum Gasteiger partial charge on any atom is 0.221 e. The molecule has 0 atom stereocenters. The van der Waals surface area contributed by atoms with Crippen molar-refractivity contribution in [2.24, 2.45) is 0 Å². The van der Waals surface area contributed by atoms with Gasteiger partial charge in [-0.25, -0.2) is 9.97 Å². The minimum absolute atomic E-state index is 0.611. The molecule has 4 rings (SSSR count). The molecule has 0 saturated heterocycles. The molecule has 3 heterocycles. The van der Waals surface area contributed by atoms with Crippen molar-refractivity contribution in [1.82, 2.24) is 15.0 Å². The lowest BCUT2D eigenvalue weighted by molar-refractivity contribution is 0.400. The van der Waals surface area contributed by atoms with E-state index in [4.69, 9.17) is 4.74 Å². The van der Waals surface area contributed by atoms with E-state index in [1.807, 2.05) is 24.5 Å². The number of aromatic nitrogens is 3. The topological polar surface area (TPSA) is 50.8 Å². The molecule has 1 aromatic carbocycles. The Labute approximate surface area is 140 Å². The van der Waals surface area contributed by atoms with Crippen LogP contribution < -0.4 is 4.74 Å². The van der Waals surface area contributed by atoms with Crippen LogP contribution in [0.3, 0.4) is 0 Å². The summed E-state index contributed by atoms with van der Waals surface area (Å²) in [4.78, 5) is 12.1. The predicted octanol–water partition coefficient (Wildman–Crippen LogP) is 4.61. The molecule has 3 aromatic heterocycles. The van der Waals surface area contributed by atoms with E-state index in [9.17, 15) is 0 Å². The van der Waals surface area contributed by atoms with Gasteiger partial charge in [-0.05, 0) is 30.7 Å². The average molecular weight is 315 g/mol. The van der Waals surface area contributed by atoms with Crippen LogP contribution in [0.15, 0.2) is 61.1 Å². The maximum atomic E-state index is 5.40. The normalized spacial score (nSPS) is 10.9. The highest BCUT2D eigenvalue weighted by Crippen LogP contribution is 2.34. The molecule has 0 saturated carbocycles. The number of aryl methyl sites for hydroxylation is 1. The first-order valence-corrected chi connectivity index (χ1v) is 7.80. The summed E-state index contributed by atoms with van der Waals surface area (Å²) in [6, 6.07) is 14.5. The lowest BCUT2D eigenvalue weighted by Gasteiger charge is -2.07. The fourth-order valence-corrected chi connectivity index (χ4v) is 2.97. The van der Waals surface area contributed by atoms with Crippen LogP contribution in [0.25, 0.3) is 33.3 Å². The van der Waals surface area contributed by atoms with Gasteiger partial charge >= 0.3 is 0 Å². The molecule has 118 valence electrons. The number of aromatic amines is 1. The molecule has 0 radical (unpaired) electrons. The monoisotopic (exact) mass is 315 g/mol. The fraction of sp³-hybridized carbons (Fsp3) is 0.100. The van der Waals surface area contributed by atoms with Gasteiger partial charge in [0.15, 0.2) is 0 Å². The summed E-state index contributed by atoms with van der Waals surface area (Å²) >= 11 is 0. The molecule has 0 aliphatic carbocycles. The van der Waals surface area contributed by atoms with Gasteiger partial charge in [0.2, 0.25) is 5.88 Å². The number of methoxy groups -OCH3 is 1. The van der Waals surface area contributed by atoms with Crippen molar-refractivity contribution < 1.29 is 4.74 Å². The van der Waals surface area contributed by atoms with Crippen LogP contribution in [0.2, 0.25) is 0 Å². The standard InChI is InChI=1S/C20H17N3O/c1-13-5-3-6-14(9-13)15-10-17-18(12-23-19(17)22-11-15)16-7-4-8-21-20(16)24-2/h3-12H,1-2H3,(H,22,23). The molecule has 24 heavy (non-hydrogen) atoms. The summed E-state index contributed by atoms with van der Waals surface area (Å²) < 4.78 is 5.40. The van der Waals surface area contributed by atoms with Gasteiger partial charge in [-0.3, -0.25) is 0 Å². The molecule has 1 N–H and O–H groups in total. The second kappa shape index (κ2) is 5.81. The van der Waals surface area contributed by atoms with Gasteiger partial charge in [0.05, 0.1) is 7.11 Å². The van der Waals surface area contributed by atoms with Gasteiger partial charge < -0.3 is 9.72 Å². The van der Waals surface area contributed by atoms with Crippen LogP contribution in [0, 0.1) is 6.92 Å². The Morgan fingerprint density at radius 1 is 0.958 bits per heavy atom. The summed E-state index contributed by atoms with van der Waals surface area (Å²) in [5.74, 6) is 0.611. The van der Waals surface area contributed by atoms with Crippen LogP contribution in [-0.2, 0) is 0 Å². The van der Waals surface area contributed by atoms with E-state index < -0.39 is 0 Å². The Morgan fingerprint density at radius 3 is 2.71 bits per heavy atom. The molecule has 0 aliphatic heterocycles. The highest BCUT2D eigenvalue weighted by molar-refractivity contribution is 5.96. The van der Waals surface area contributed by atoms with Gasteiger partial charge in [0.25, 0.3) is 0 Å². The number of nitrogens with zero attached hydrogens (tertiary/aromatic N) is 2. The van der Waals surface area contributed by atoms with Crippen molar-refractivity contribution in [3.05, 3.63) is 66.6 Å². The van der Waals surface area contributed by atoms with Gasteiger partial charge in [0.1, 0.15) is 5.65 Å². The number of rotatable bonds is 3. The van der Waals surface area contributed by atoms with E-state index in [1.54, 1.807) is 13.3 Å². The molecule has 0 amide bonds. The van der Waals surface area contributed by atoms with E-state index in [2.05, 4.69) is 52.2 Å². The van der Waals surface area contributed by atoms with E-state index >= 15 is 0 Å². The molecule has 0 fully saturated rings. The van der Waals surface area contributed by atoms with Crippen molar-refractivity contribution in [1.29, 1.82) is 0 Å². The lowest BCUT2D eigenvalue weighted by Crippen LogP contribution is -1.90. The largest absolute Gasteiger partial charge is 0.481 e. The van der Waals surface area contributed by atoms with Crippen LogP contribution in [-0.4, -0.2) is 22.1 Å². The van der Waals surface area contributed by atoms with E-state index in [0.29, 0.717) is 5.88 Å². The molecular weight excluding hydrogens is 298 g/mol. The second-order valence-corrected chi connectivity index (χ2v) is 5.75. The van der Waals surface area contributed by atoms with Crippen molar-refractivity contribution in [2.45, 2.75) is 6.92 Å². The lowest BCUT2D eigenvalue weighted by atomic mass is 10.0. The van der Waals surface area contributed by atoms with E-state index in [0.717, 1.165) is 33.3 Å². The molecule has 0 bridgehead atoms. The second-order valence-electron chi connectivity index (χ2n) is 5.75. The smallest absolute Gasteiger partial charge is 0.221 e. The number of nitrogens with one attached hydrogen (secondary N) is 1. The molecule has 0 unspecified atom stereocenters. The molecule has 0 spiro atoms. The average Bonchev–Trinajstić information content (AvgIpc) is 3.04. The zero-order chi connectivity index (χ0) is 16.5. The quantitative estimate of drug-likeness (QED) is 0.600. The number of ether oxygens (including phenoxy) is 1. The minimum atomic E-state index is 0.611. The van der Waals surface area contributed by atoms with Gasteiger partial charge in [0, 0.05) is 40.7 Å². The SMILES string of the molecule is COc1ncccc1-c1c[nH]c2ncc(-c3cccc(C)c3)cc12. The highest BCUT2D eigenvalue weighted by Gasteiger charge is 2.13. The first-order valence-electron chi connectivity index (χ1n) is 7.80. The zero-order valence-electron chi connectivity index (χ0n) is 13.6. The third-order valence-corrected chi connectivity index (χ3v) is 4.14. The molecule has 4 nitrogen and oxygen atoms in total. The van der Waals surface area contributed by atoms with Gasteiger partial charge in [-0.2, -0.15) is 0 Å². The Balaban J connectivity index is 1.91. The maximum absolute atomic E-state index is 5.40. The number of fused-ring (bicyclic) bond motifs is 1. The fourth-order valence-electron chi connectivity index (χ4n) is 2.97. The van der Waals surface area contributed by atoms with Crippen LogP contribution in [0.4, 0.5) is 0 Å². The predicted molar refractivity (Wildman–Crippen MR) is 96.0 cm³/mol. The van der Waals surface area contributed by atoms with Gasteiger partial charge in [-0.15, -0.1) is 0 Å². The van der Waals surface area contributed by atoms with E-state index in [1.165, 1.54) is 5.56 Å². The third kappa shape index (κ3) is 2.42. The number of hydrogen-bond acceptors (Lipinski definition) is 3. The van der Waals surface area contributed by atoms with Crippen molar-refractivity contribution in [3.8, 4) is 28.1 Å². The van der Waals surface area contributed by atoms with Crippen molar-refractivity contribution in [3.63, 3.8) is 0 Å². The Kier molecular flexibility index (Phi) is 3.50. The molecular formula is C20H17N3O. The number of benzene rings is 1. The van der Waals surface area contributed by atoms with Crippen LogP contribution in [0.1, 0.15) is 5.56 Å². The summed E-state index contributed by atoms with van der Waals surface area (Å²) in [5.41, 5.74) is 6.33. The van der Waals surface area contributed by atoms with Crippen molar-refractivity contribution in [2.75, 3.05) is 7.11 Å². The summed E-state index contributed by atoms with van der Waals surface area (Å²) in [6.45, 7) is 2.09. The molecule has 0 aliphatic rings. The summed E-state index contributed by atoms with van der Waals surface area (Å²) in [6.07, 6.45) is 5.59. The summed E-state index contributed by atoms with van der Waals surface area (Å²) in [5, 5.41) is 1.06. The third-order valence-electron chi connectivity index (χ3n) is 4.14. The molecule has 4 aromatic rings. The van der Waals surface area contributed by atoms with Gasteiger partial charge in [-0.1, -0.05) is 29.8 Å². The zero-order valence-corrected chi connectivity index (χ0v) is 13.6. The number of pyridine rings is 2. The molecule has 4 heteroatoms. The Morgan fingerprint density at radius 2 is 1.88 bits per heavy atom. The first-order chi connectivity index (χ1) is 11.8. The van der Waals surface area contributed by atoms with E-state index in [-0.39, 0.29) is 0 Å². The highest BCUT2D eigenvalue weighted by atomic mass is 16.5. The Bertz CT molecular complexity index is 1020. The first kappa shape index (κ1) is 14.5. The summed E-state index contributed by atoms with van der Waals surface area (Å²) in [7, 11) is 1.64. The minimum Gasteiger partial charge on any atom is -0.481 e. The Hall–Kier alpha value is -3.14. The number of H-pyrrole nitrogens is 1. The van der Waals surface area contributed by atoms with Crippen LogP contribution in [0.5, 0.6) is 5.88 Å². The van der Waals surface area contributed by atoms with Crippen molar-refractivity contribution >= 4 is 11.0 Å².